The van der Waals surface area contributed by atoms with Crippen LogP contribution in [0.5, 0.6) is 5.75 Å². The molecule has 4 aromatic carbocycles. The standard InChI is InChI=1S/C6HF5O.3C6F5.Al.Li/c7-1-2(8)4(10)6(12)5(11)3(1)9;3*7-2-1-3(8)5(10)6(11)4(2)9;;/h12H;;;;;/q;;;;;+1/p-1. The number of hydrogen-bond donors (Lipinski definition) is 0. The molecular formula is C24AlF20LiO. The summed E-state index contributed by atoms with van der Waals surface area (Å²) >= 11 is -8.93. The average Bonchev–Trinajstić information content (AvgIpc) is 3.02. The second kappa shape index (κ2) is 12.8. The van der Waals surface area contributed by atoms with E-state index in [9.17, 15) is 61.5 Å². The fraction of sp³-hybridized carbons (Fsp3) is 0. The molecule has 0 aliphatic heterocycles. The Morgan fingerprint density at radius 3 is 0.574 bits per heavy atom. The molecular weight excluding hydrogens is 718 g/mol. The first kappa shape index (κ1) is 37.9. The van der Waals surface area contributed by atoms with Gasteiger partial charge >= 0.3 is 32.3 Å². The van der Waals surface area contributed by atoms with E-state index in [0.717, 1.165) is 0 Å². The van der Waals surface area contributed by atoms with Gasteiger partial charge in [-0.1, -0.05) is 0 Å². The van der Waals surface area contributed by atoms with Crippen LogP contribution in [0.1, 0.15) is 0 Å². The Morgan fingerprint density at radius 1 is 0.234 bits per heavy atom. The molecule has 0 saturated heterocycles. The number of halogens is 20. The van der Waals surface area contributed by atoms with Gasteiger partial charge < -0.3 is 3.79 Å². The van der Waals surface area contributed by atoms with Crippen molar-refractivity contribution in [2.45, 2.75) is 0 Å². The van der Waals surface area contributed by atoms with Gasteiger partial charge in [0.25, 0.3) is 0 Å². The normalized spacial score (nSPS) is 11.7. The molecule has 0 N–H and O–H groups in total. The van der Waals surface area contributed by atoms with E-state index in [1.165, 1.54) is 0 Å². The van der Waals surface area contributed by atoms with Gasteiger partial charge in [-0.05, 0) is 0 Å². The molecule has 47 heavy (non-hydrogen) atoms. The summed E-state index contributed by atoms with van der Waals surface area (Å²) in [7, 11) is 0. The maximum absolute atomic E-state index is 15.3. The molecule has 0 spiro atoms. The minimum absolute atomic E-state index is 0. The van der Waals surface area contributed by atoms with Crippen molar-refractivity contribution in [1.29, 1.82) is 0 Å². The SMILES string of the molecule is Fc1c(F)c(F)c([O][Al-]([c]2c(F)c(F)c(F)c(F)c2F)([c]2c(F)c(F)c(F)c(F)c2F)[c]2c(F)c(F)c(F)c(F)c2F)c(F)c1F.[Li+]. The predicted molar refractivity (Wildman–Crippen MR) is 110 cm³/mol. The molecule has 0 amide bonds. The second-order valence-electron chi connectivity index (χ2n) is 8.75. The minimum atomic E-state index is -8.93. The monoisotopic (exact) mass is 718 g/mol. The van der Waals surface area contributed by atoms with Crippen LogP contribution >= 0.6 is 0 Å². The predicted octanol–water partition coefficient (Wildman–Crippen LogP) is 3.52. The Kier molecular flexibility index (Phi) is 10.3. The average molecular weight is 718 g/mol. The van der Waals surface area contributed by atoms with E-state index in [0.29, 0.717) is 0 Å². The molecule has 0 radical (unpaired) electrons. The van der Waals surface area contributed by atoms with Gasteiger partial charge in [-0.2, -0.15) is 8.78 Å². The Balaban J connectivity index is 0.00000600. The molecule has 0 unspecified atom stereocenters. The molecule has 0 heterocycles. The van der Waals surface area contributed by atoms with Crippen molar-refractivity contribution < 1.29 is 110 Å². The van der Waals surface area contributed by atoms with Gasteiger partial charge in [-0.25, -0.2) is 79.0 Å². The van der Waals surface area contributed by atoms with Gasteiger partial charge in [0.15, 0.2) is 52.4 Å². The number of hydrogen-bond acceptors (Lipinski definition) is 1. The smallest absolute Gasteiger partial charge is 0.784 e. The summed E-state index contributed by atoms with van der Waals surface area (Å²) in [6.45, 7) is 0. The summed E-state index contributed by atoms with van der Waals surface area (Å²) in [5.74, 6) is -72.2. The third-order valence-corrected chi connectivity index (χ3v) is 11.0. The Labute approximate surface area is 259 Å². The number of benzene rings is 4. The van der Waals surface area contributed by atoms with Crippen molar-refractivity contribution >= 4 is 26.7 Å². The van der Waals surface area contributed by atoms with Gasteiger partial charge in [0.1, 0.15) is 40.7 Å². The molecule has 0 aliphatic carbocycles. The summed E-state index contributed by atoms with van der Waals surface area (Å²) in [5, 5.41) is 0. The maximum atomic E-state index is 15.3. The van der Waals surface area contributed by atoms with Gasteiger partial charge in [0.2, 0.25) is 29.1 Å². The molecule has 0 aliphatic rings. The van der Waals surface area contributed by atoms with Crippen molar-refractivity contribution in [2.24, 2.45) is 0 Å². The molecule has 1 nitrogen and oxygen atoms in total. The molecule has 4 rings (SSSR count). The topological polar surface area (TPSA) is 9.23 Å². The summed E-state index contributed by atoms with van der Waals surface area (Å²) in [6, 6.07) is 0. The Hall–Kier alpha value is -3.59. The van der Waals surface area contributed by atoms with Crippen LogP contribution in [0, 0.1) is 116 Å². The van der Waals surface area contributed by atoms with Gasteiger partial charge in [0, 0.05) is 0 Å². The van der Waals surface area contributed by atoms with Gasteiger partial charge in [0.05, 0.1) is 0 Å². The first-order chi connectivity index (χ1) is 21.2. The summed E-state index contributed by atoms with van der Waals surface area (Å²) < 4.78 is 285. The van der Waals surface area contributed by atoms with E-state index in [1.807, 2.05) is 0 Å². The fourth-order valence-corrected chi connectivity index (χ4v) is 9.09. The van der Waals surface area contributed by atoms with Crippen LogP contribution in [0.4, 0.5) is 87.8 Å². The van der Waals surface area contributed by atoms with Gasteiger partial charge in [-0.15, -0.1) is 13.3 Å². The molecule has 0 saturated carbocycles. The van der Waals surface area contributed by atoms with E-state index in [-0.39, 0.29) is 18.9 Å². The molecule has 23 heteroatoms. The van der Waals surface area contributed by atoms with E-state index < -0.39 is 149 Å². The molecule has 246 valence electrons. The molecule has 0 atom stereocenters. The van der Waals surface area contributed by atoms with E-state index in [1.54, 1.807) is 0 Å². The first-order valence-corrected chi connectivity index (χ1v) is 13.3. The quantitative estimate of drug-likeness (QED) is 0.133. The van der Waals surface area contributed by atoms with Crippen molar-refractivity contribution in [3.63, 3.8) is 0 Å². The zero-order chi connectivity index (χ0) is 35.1. The molecule has 0 fully saturated rings. The Bertz CT molecular complexity index is 1720. The van der Waals surface area contributed by atoms with Crippen LogP contribution < -0.4 is 35.9 Å². The van der Waals surface area contributed by atoms with Crippen LogP contribution in [0.25, 0.3) is 0 Å². The summed E-state index contributed by atoms with van der Waals surface area (Å²) in [6.07, 6.45) is 0. The van der Waals surface area contributed by atoms with Crippen molar-refractivity contribution in [2.75, 3.05) is 0 Å². The van der Waals surface area contributed by atoms with Crippen LogP contribution in [-0.2, 0) is 0 Å². The van der Waals surface area contributed by atoms with Gasteiger partial charge in [-0.3, -0.25) is 0 Å². The maximum Gasteiger partial charge on any atom is 1.00 e. The van der Waals surface area contributed by atoms with Crippen molar-refractivity contribution in [3.05, 3.63) is 116 Å². The van der Waals surface area contributed by atoms with E-state index in [4.69, 9.17) is 0 Å². The second-order valence-corrected chi connectivity index (χ2v) is 12.3. The fourth-order valence-electron chi connectivity index (χ4n) is 4.41. The molecule has 0 bridgehead atoms. The van der Waals surface area contributed by atoms with Crippen molar-refractivity contribution in [3.8, 4) is 5.75 Å². The summed E-state index contributed by atoms with van der Waals surface area (Å²) in [4.78, 5) is 0. The largest absolute Gasteiger partial charge is 1.00 e. The molecule has 4 aromatic rings. The molecule has 0 aromatic heterocycles. The first-order valence-electron chi connectivity index (χ1n) is 11.1. The third kappa shape index (κ3) is 5.20. The van der Waals surface area contributed by atoms with Crippen LogP contribution in [-0.4, -0.2) is 13.4 Å². The summed E-state index contributed by atoms with van der Waals surface area (Å²) in [5.41, 5.74) is 0. The minimum Gasteiger partial charge on any atom is -0.784 e. The third-order valence-electron chi connectivity index (χ3n) is 6.42. The Morgan fingerprint density at radius 2 is 0.383 bits per heavy atom. The van der Waals surface area contributed by atoms with Crippen LogP contribution in [0.15, 0.2) is 0 Å². The zero-order valence-electron chi connectivity index (χ0n) is 21.5. The van der Waals surface area contributed by atoms with Crippen LogP contribution in [0.3, 0.4) is 0 Å². The van der Waals surface area contributed by atoms with E-state index >= 15 is 26.3 Å². The van der Waals surface area contributed by atoms with E-state index in [2.05, 4.69) is 3.79 Å². The van der Waals surface area contributed by atoms with Crippen LogP contribution in [0.2, 0.25) is 0 Å². The van der Waals surface area contributed by atoms with Crippen molar-refractivity contribution in [1.82, 2.24) is 0 Å². The number of rotatable bonds is 5. The zero-order valence-corrected chi connectivity index (χ0v) is 22.7.